The Balaban J connectivity index is 2.52. The van der Waals surface area contributed by atoms with Crippen molar-refractivity contribution >= 4 is 21.5 Å². The summed E-state index contributed by atoms with van der Waals surface area (Å²) in [7, 11) is 0. The van der Waals surface area contributed by atoms with Gasteiger partial charge in [-0.15, -0.1) is 13.2 Å². The second-order valence-electron chi connectivity index (χ2n) is 4.96. The van der Waals surface area contributed by atoms with Gasteiger partial charge in [0.15, 0.2) is 0 Å². The molecular weight excluding hydrogens is 284 g/mol. The minimum Gasteiger partial charge on any atom is -0.270 e. The highest BCUT2D eigenvalue weighted by Gasteiger charge is 2.18. The van der Waals surface area contributed by atoms with E-state index >= 15 is 0 Å². The number of allylic oxidation sites excluding steroid dienone is 2. The molecule has 0 radical (unpaired) electrons. The minimum atomic E-state index is -0.481. The van der Waals surface area contributed by atoms with Crippen molar-refractivity contribution in [2.24, 2.45) is 0 Å². The van der Waals surface area contributed by atoms with E-state index in [4.69, 9.17) is 0 Å². The first-order valence-electron chi connectivity index (χ1n) is 6.63. The van der Waals surface area contributed by atoms with Crippen LogP contribution < -0.4 is 22.2 Å². The van der Waals surface area contributed by atoms with Gasteiger partial charge in [0, 0.05) is 13.1 Å². The zero-order valence-corrected chi connectivity index (χ0v) is 11.7. The van der Waals surface area contributed by atoms with Crippen LogP contribution in [0, 0.1) is 0 Å². The van der Waals surface area contributed by atoms with E-state index < -0.39 is 22.2 Å². The van der Waals surface area contributed by atoms with E-state index in [1.807, 2.05) is 0 Å². The number of hydrogen-bond donors (Lipinski definition) is 0. The van der Waals surface area contributed by atoms with Crippen LogP contribution in [0.3, 0.4) is 0 Å². The maximum atomic E-state index is 12.2. The molecule has 1 aromatic carbocycles. The van der Waals surface area contributed by atoms with Crippen LogP contribution in [0.2, 0.25) is 0 Å². The Morgan fingerprint density at radius 1 is 0.682 bits per heavy atom. The fraction of sp³-hybridized carbons (Fsp3) is 0.125. The van der Waals surface area contributed by atoms with Gasteiger partial charge in [-0.05, 0) is 12.1 Å². The van der Waals surface area contributed by atoms with Crippen LogP contribution >= 0.6 is 0 Å². The van der Waals surface area contributed by atoms with Crippen molar-refractivity contribution in [3.63, 3.8) is 0 Å². The van der Waals surface area contributed by atoms with E-state index in [-0.39, 0.29) is 34.6 Å². The smallest absolute Gasteiger partial charge is 0.261 e. The molecule has 0 saturated carbocycles. The van der Waals surface area contributed by atoms with E-state index in [2.05, 4.69) is 13.2 Å². The molecule has 0 bridgehead atoms. The van der Waals surface area contributed by atoms with Crippen LogP contribution in [0.4, 0.5) is 0 Å². The molecule has 110 valence electrons. The molecule has 3 rings (SSSR count). The lowest BCUT2D eigenvalue weighted by molar-refractivity contribution is 0.774. The van der Waals surface area contributed by atoms with Crippen LogP contribution in [0.1, 0.15) is 0 Å². The molecule has 0 fully saturated rings. The van der Waals surface area contributed by atoms with E-state index in [1.54, 1.807) is 0 Å². The summed E-state index contributed by atoms with van der Waals surface area (Å²) in [6.07, 6.45) is 2.88. The Bertz CT molecular complexity index is 971. The molecule has 2 heterocycles. The standard InChI is InChI=1S/C16H12N2O4/c1-3-5-17-13(19)9-7-11-12(8-10(9)14(17)20)16(22)18(6-4-2)15(11)21/h3-4,7-8H,1-2,5-6H2. The zero-order valence-electron chi connectivity index (χ0n) is 11.7. The maximum absolute atomic E-state index is 12.2. The van der Waals surface area contributed by atoms with Gasteiger partial charge in [-0.1, -0.05) is 12.2 Å². The molecule has 2 aromatic heterocycles. The van der Waals surface area contributed by atoms with Crippen molar-refractivity contribution in [3.8, 4) is 0 Å². The summed E-state index contributed by atoms with van der Waals surface area (Å²) < 4.78 is 2.06. The quantitative estimate of drug-likeness (QED) is 0.648. The van der Waals surface area contributed by atoms with Crippen LogP contribution in [-0.4, -0.2) is 9.13 Å². The van der Waals surface area contributed by atoms with E-state index in [0.717, 1.165) is 9.13 Å². The van der Waals surface area contributed by atoms with Crippen LogP contribution in [0.25, 0.3) is 21.5 Å². The van der Waals surface area contributed by atoms with Crippen LogP contribution in [0.15, 0.2) is 56.6 Å². The molecule has 0 aliphatic carbocycles. The number of nitrogens with zero attached hydrogens (tertiary/aromatic N) is 2. The summed E-state index contributed by atoms with van der Waals surface area (Å²) in [6, 6.07) is 2.66. The van der Waals surface area contributed by atoms with Gasteiger partial charge in [0.25, 0.3) is 22.2 Å². The lowest BCUT2D eigenvalue weighted by Crippen LogP contribution is -2.25. The molecule has 0 N–H and O–H groups in total. The normalized spacial score (nSPS) is 11.3. The van der Waals surface area contributed by atoms with Gasteiger partial charge in [-0.2, -0.15) is 0 Å². The Morgan fingerprint density at radius 2 is 0.955 bits per heavy atom. The summed E-state index contributed by atoms with van der Waals surface area (Å²) in [6.45, 7) is 7.17. The molecule has 0 atom stereocenters. The van der Waals surface area contributed by atoms with Crippen molar-refractivity contribution in [3.05, 3.63) is 78.9 Å². The van der Waals surface area contributed by atoms with Gasteiger partial charge < -0.3 is 0 Å². The Morgan fingerprint density at radius 3 is 1.18 bits per heavy atom. The van der Waals surface area contributed by atoms with Crippen molar-refractivity contribution in [1.82, 2.24) is 9.13 Å². The van der Waals surface area contributed by atoms with E-state index in [0.29, 0.717) is 0 Å². The number of benzene rings is 1. The molecule has 0 saturated heterocycles. The monoisotopic (exact) mass is 296 g/mol. The SMILES string of the molecule is C=CCn1c(=O)c2cc3c(=O)n(CC=C)c(=O)c3cc2c1=O. The third-order valence-electron chi connectivity index (χ3n) is 3.68. The molecule has 6 heteroatoms. The second-order valence-corrected chi connectivity index (χ2v) is 4.96. The highest BCUT2D eigenvalue weighted by molar-refractivity contribution is 5.97. The third kappa shape index (κ3) is 1.67. The zero-order chi connectivity index (χ0) is 16.0. The van der Waals surface area contributed by atoms with Crippen LogP contribution in [-0.2, 0) is 13.1 Å². The van der Waals surface area contributed by atoms with E-state index in [9.17, 15) is 19.2 Å². The summed E-state index contributed by atoms with van der Waals surface area (Å²) >= 11 is 0. The summed E-state index contributed by atoms with van der Waals surface area (Å²) in [5.74, 6) is 0. The molecule has 0 aliphatic rings. The first-order valence-corrected chi connectivity index (χ1v) is 6.63. The average molecular weight is 296 g/mol. The molecule has 0 unspecified atom stereocenters. The highest BCUT2D eigenvalue weighted by atomic mass is 16.2. The van der Waals surface area contributed by atoms with Gasteiger partial charge >= 0.3 is 0 Å². The largest absolute Gasteiger partial charge is 0.270 e. The third-order valence-corrected chi connectivity index (χ3v) is 3.68. The van der Waals surface area contributed by atoms with Gasteiger partial charge in [0.1, 0.15) is 0 Å². The number of aromatic nitrogens is 2. The molecule has 0 aliphatic heterocycles. The molecular formula is C16H12N2O4. The second kappa shape index (κ2) is 4.77. The van der Waals surface area contributed by atoms with Crippen molar-refractivity contribution in [2.75, 3.05) is 0 Å². The summed E-state index contributed by atoms with van der Waals surface area (Å²) in [5, 5.41) is 0.582. The van der Waals surface area contributed by atoms with Crippen molar-refractivity contribution in [1.29, 1.82) is 0 Å². The van der Waals surface area contributed by atoms with E-state index in [1.165, 1.54) is 24.3 Å². The lowest BCUT2D eigenvalue weighted by atomic mass is 10.1. The molecule has 3 aromatic rings. The number of hydrogen-bond acceptors (Lipinski definition) is 4. The Kier molecular flexibility index (Phi) is 3.02. The van der Waals surface area contributed by atoms with Gasteiger partial charge in [0.05, 0.1) is 21.5 Å². The van der Waals surface area contributed by atoms with Crippen molar-refractivity contribution in [2.45, 2.75) is 13.1 Å². The maximum Gasteiger partial charge on any atom is 0.261 e. The number of rotatable bonds is 4. The van der Waals surface area contributed by atoms with Crippen LogP contribution in [0.5, 0.6) is 0 Å². The molecule has 22 heavy (non-hydrogen) atoms. The molecule has 6 nitrogen and oxygen atoms in total. The Labute approximate surface area is 123 Å². The lowest BCUT2D eigenvalue weighted by Gasteiger charge is -1.90. The average Bonchev–Trinajstić information content (AvgIpc) is 2.88. The van der Waals surface area contributed by atoms with Crippen molar-refractivity contribution < 1.29 is 0 Å². The summed E-state index contributed by atoms with van der Waals surface area (Å²) in [5.41, 5.74) is -1.93. The molecule has 0 spiro atoms. The number of fused-ring (bicyclic) bond motifs is 2. The van der Waals surface area contributed by atoms with Gasteiger partial charge in [0.2, 0.25) is 0 Å². The fourth-order valence-corrected chi connectivity index (χ4v) is 2.66. The first-order chi connectivity index (χ1) is 10.5. The first kappa shape index (κ1) is 13.9. The fourth-order valence-electron chi connectivity index (χ4n) is 2.66. The minimum absolute atomic E-state index is 0.0848. The highest BCUT2D eigenvalue weighted by Crippen LogP contribution is 2.14. The van der Waals surface area contributed by atoms with Gasteiger partial charge in [-0.25, -0.2) is 0 Å². The predicted molar refractivity (Wildman–Crippen MR) is 85.3 cm³/mol. The Hall–Kier alpha value is -3.02. The topological polar surface area (TPSA) is 78.1 Å². The van der Waals surface area contributed by atoms with Gasteiger partial charge in [-0.3, -0.25) is 28.3 Å². The molecule has 0 amide bonds. The summed E-state index contributed by atoms with van der Waals surface area (Å²) in [4.78, 5) is 48.9. The predicted octanol–water partition coefficient (Wildman–Crippen LogP) is 0.284.